The van der Waals surface area contributed by atoms with E-state index in [0.717, 1.165) is 16.9 Å². The van der Waals surface area contributed by atoms with Gasteiger partial charge in [0.1, 0.15) is 5.00 Å². The number of amides is 1. The molecule has 1 aromatic rings. The second kappa shape index (κ2) is 8.02. The van der Waals surface area contributed by atoms with Gasteiger partial charge in [-0.1, -0.05) is 27.7 Å². The third kappa shape index (κ3) is 5.32. The van der Waals surface area contributed by atoms with Crippen LogP contribution in [0.4, 0.5) is 5.00 Å². The Morgan fingerprint density at radius 2 is 1.91 bits per heavy atom. The molecule has 0 aliphatic heterocycles. The van der Waals surface area contributed by atoms with Crippen LogP contribution in [0.25, 0.3) is 0 Å². The van der Waals surface area contributed by atoms with Crippen molar-refractivity contribution in [1.82, 2.24) is 0 Å². The van der Waals surface area contributed by atoms with Crippen molar-refractivity contribution in [3.63, 3.8) is 0 Å². The lowest BCUT2D eigenvalue weighted by molar-refractivity contribution is -0.113. The molecule has 0 fully saturated rings. The molecule has 0 saturated heterocycles. The quantitative estimate of drug-likeness (QED) is 0.784. The van der Waals surface area contributed by atoms with Gasteiger partial charge in [-0.05, 0) is 25.8 Å². The van der Waals surface area contributed by atoms with E-state index in [-0.39, 0.29) is 16.6 Å². The highest BCUT2D eigenvalue weighted by Crippen LogP contribution is 2.34. The van der Waals surface area contributed by atoms with Crippen molar-refractivity contribution in [3.05, 3.63) is 16.0 Å². The summed E-state index contributed by atoms with van der Waals surface area (Å²) >= 11 is 3.02. The summed E-state index contributed by atoms with van der Waals surface area (Å²) < 4.78 is 5.16. The first-order valence-corrected chi connectivity index (χ1v) is 9.23. The number of ether oxygens (including phenoxy) is 1. The van der Waals surface area contributed by atoms with Crippen LogP contribution in [0.15, 0.2) is 0 Å². The van der Waals surface area contributed by atoms with Crippen molar-refractivity contribution >= 4 is 40.0 Å². The molecule has 1 amide bonds. The number of thioether (sulfide) groups is 1. The number of carbonyl (C=O) groups is 2. The Hall–Kier alpha value is -1.01. The van der Waals surface area contributed by atoms with Crippen LogP contribution in [0.5, 0.6) is 0 Å². The largest absolute Gasteiger partial charge is 0.462 e. The van der Waals surface area contributed by atoms with Gasteiger partial charge in [0.05, 0.1) is 17.9 Å². The molecule has 4 nitrogen and oxygen atoms in total. The van der Waals surface area contributed by atoms with E-state index in [1.807, 2.05) is 13.8 Å². The highest BCUT2D eigenvalue weighted by Gasteiger charge is 2.23. The van der Waals surface area contributed by atoms with E-state index in [0.29, 0.717) is 22.9 Å². The van der Waals surface area contributed by atoms with Gasteiger partial charge in [0, 0.05) is 9.62 Å². The molecule has 0 aliphatic rings. The van der Waals surface area contributed by atoms with Gasteiger partial charge in [-0.25, -0.2) is 4.79 Å². The molecule has 0 spiro atoms. The molecule has 1 rings (SSSR count). The molecule has 0 bridgehead atoms. The minimum atomic E-state index is -0.359. The summed E-state index contributed by atoms with van der Waals surface area (Å²) in [6.07, 6.45) is 0.739. The van der Waals surface area contributed by atoms with Crippen molar-refractivity contribution in [1.29, 1.82) is 0 Å². The zero-order chi connectivity index (χ0) is 16.9. The van der Waals surface area contributed by atoms with Gasteiger partial charge in [-0.3, -0.25) is 4.79 Å². The maximum Gasteiger partial charge on any atom is 0.341 e. The first kappa shape index (κ1) is 19.0. The highest BCUT2D eigenvalue weighted by atomic mass is 32.2. The van der Waals surface area contributed by atoms with Gasteiger partial charge < -0.3 is 10.1 Å². The topological polar surface area (TPSA) is 55.4 Å². The molecule has 22 heavy (non-hydrogen) atoms. The molecule has 1 aromatic heterocycles. The number of esters is 1. The summed E-state index contributed by atoms with van der Waals surface area (Å²) in [5.74, 6) is -0.0821. The summed E-state index contributed by atoms with van der Waals surface area (Å²) in [6, 6.07) is 0. The minimum Gasteiger partial charge on any atom is -0.462 e. The van der Waals surface area contributed by atoms with Crippen LogP contribution in [0.3, 0.4) is 0 Å². The Morgan fingerprint density at radius 3 is 2.41 bits per heavy atom. The number of nitrogens with one attached hydrogen (secondary N) is 1. The third-order valence-corrected chi connectivity index (χ3v) is 5.27. The molecule has 1 N–H and O–H groups in total. The Kier molecular flexibility index (Phi) is 6.94. The average molecular weight is 344 g/mol. The molecule has 0 saturated carbocycles. The standard InChI is InChI=1S/C16H25NO3S2/c1-7-11-10(3)22-14(13(11)15(19)20-8-2)17-12(18)9-21-16(4,5)6/h7-9H2,1-6H3,(H,17,18). The van der Waals surface area contributed by atoms with Gasteiger partial charge >= 0.3 is 5.97 Å². The van der Waals surface area contributed by atoms with Crippen LogP contribution in [0.2, 0.25) is 0 Å². The summed E-state index contributed by atoms with van der Waals surface area (Å²) in [4.78, 5) is 25.4. The van der Waals surface area contributed by atoms with Crippen LogP contribution in [-0.4, -0.2) is 29.0 Å². The maximum atomic E-state index is 12.2. The van der Waals surface area contributed by atoms with Crippen molar-refractivity contribution < 1.29 is 14.3 Å². The lowest BCUT2D eigenvalue weighted by Gasteiger charge is -2.17. The molecule has 1 heterocycles. The monoisotopic (exact) mass is 343 g/mol. The van der Waals surface area contributed by atoms with Gasteiger partial charge in [-0.2, -0.15) is 0 Å². The Bertz CT molecular complexity index is 544. The van der Waals surface area contributed by atoms with Crippen LogP contribution < -0.4 is 5.32 Å². The molecule has 124 valence electrons. The highest BCUT2D eigenvalue weighted by molar-refractivity contribution is 8.01. The fraction of sp³-hybridized carbons (Fsp3) is 0.625. The van der Waals surface area contributed by atoms with Gasteiger partial charge in [0.25, 0.3) is 0 Å². The molecule has 0 unspecified atom stereocenters. The number of carbonyl (C=O) groups excluding carboxylic acids is 2. The number of anilines is 1. The summed E-state index contributed by atoms with van der Waals surface area (Å²) in [5.41, 5.74) is 1.48. The van der Waals surface area contributed by atoms with Gasteiger partial charge in [0.2, 0.25) is 5.91 Å². The van der Waals surface area contributed by atoms with Crippen LogP contribution in [0.1, 0.15) is 55.4 Å². The molecule has 0 aromatic carbocycles. The lowest BCUT2D eigenvalue weighted by Crippen LogP contribution is -2.20. The minimum absolute atomic E-state index is 0.0290. The SMILES string of the molecule is CCOC(=O)c1c(NC(=O)CSC(C)(C)C)sc(C)c1CC. The van der Waals surface area contributed by atoms with E-state index < -0.39 is 0 Å². The normalized spacial score (nSPS) is 11.4. The van der Waals surface area contributed by atoms with Crippen LogP contribution in [0, 0.1) is 6.92 Å². The van der Waals surface area contributed by atoms with Crippen molar-refractivity contribution in [2.75, 3.05) is 17.7 Å². The van der Waals surface area contributed by atoms with E-state index >= 15 is 0 Å². The van der Waals surface area contributed by atoms with Crippen molar-refractivity contribution in [2.24, 2.45) is 0 Å². The average Bonchev–Trinajstić information content (AvgIpc) is 2.71. The number of hydrogen-bond donors (Lipinski definition) is 1. The number of aryl methyl sites for hydroxylation is 1. The Labute approximate surface area is 141 Å². The lowest BCUT2D eigenvalue weighted by atomic mass is 10.1. The second-order valence-corrected chi connectivity index (χ2v) is 8.89. The van der Waals surface area contributed by atoms with Crippen molar-refractivity contribution in [3.8, 4) is 0 Å². The van der Waals surface area contributed by atoms with E-state index in [2.05, 4.69) is 26.1 Å². The van der Waals surface area contributed by atoms with E-state index in [1.165, 1.54) is 11.3 Å². The fourth-order valence-electron chi connectivity index (χ4n) is 1.96. The Balaban J connectivity index is 2.94. The summed E-state index contributed by atoms with van der Waals surface area (Å²) in [6.45, 7) is 12.3. The van der Waals surface area contributed by atoms with Gasteiger partial charge in [0.15, 0.2) is 0 Å². The summed E-state index contributed by atoms with van der Waals surface area (Å²) in [5, 5.41) is 3.48. The molecular weight excluding hydrogens is 318 g/mol. The van der Waals surface area contributed by atoms with Crippen LogP contribution in [-0.2, 0) is 16.0 Å². The number of hydrogen-bond acceptors (Lipinski definition) is 5. The predicted molar refractivity (Wildman–Crippen MR) is 95.2 cm³/mol. The zero-order valence-corrected chi connectivity index (χ0v) is 15.8. The van der Waals surface area contributed by atoms with Gasteiger partial charge in [-0.15, -0.1) is 23.1 Å². The molecule has 0 atom stereocenters. The predicted octanol–water partition coefficient (Wildman–Crippen LogP) is 4.27. The maximum absolute atomic E-state index is 12.2. The Morgan fingerprint density at radius 1 is 1.27 bits per heavy atom. The third-order valence-electron chi connectivity index (χ3n) is 2.93. The number of rotatable bonds is 6. The zero-order valence-electron chi connectivity index (χ0n) is 14.2. The van der Waals surface area contributed by atoms with E-state index in [4.69, 9.17) is 4.74 Å². The summed E-state index contributed by atoms with van der Waals surface area (Å²) in [7, 11) is 0. The van der Waals surface area contributed by atoms with E-state index in [9.17, 15) is 9.59 Å². The van der Waals surface area contributed by atoms with E-state index in [1.54, 1.807) is 18.7 Å². The molecule has 6 heteroatoms. The van der Waals surface area contributed by atoms with Crippen molar-refractivity contribution in [2.45, 2.75) is 52.7 Å². The first-order chi connectivity index (χ1) is 10.2. The van der Waals surface area contributed by atoms with Crippen LogP contribution >= 0.6 is 23.1 Å². The fourth-order valence-corrected chi connectivity index (χ4v) is 3.74. The number of thiophene rings is 1. The second-order valence-electron chi connectivity index (χ2n) is 5.86. The molecule has 0 radical (unpaired) electrons. The first-order valence-electron chi connectivity index (χ1n) is 7.42. The molecular formula is C16H25NO3S2. The molecule has 0 aliphatic carbocycles. The smallest absolute Gasteiger partial charge is 0.341 e.